The van der Waals surface area contributed by atoms with Gasteiger partial charge >= 0.3 is 0 Å². The van der Waals surface area contributed by atoms with Gasteiger partial charge in [-0.1, -0.05) is 0 Å². The van der Waals surface area contributed by atoms with Crippen molar-refractivity contribution in [3.05, 3.63) is 0 Å². The van der Waals surface area contributed by atoms with Crippen molar-refractivity contribution in [1.82, 2.24) is 4.90 Å². The van der Waals surface area contributed by atoms with E-state index < -0.39 is 0 Å². The molecule has 0 unspecified atom stereocenters. The molecule has 0 aliphatic rings. The molecule has 0 bridgehead atoms. The molecule has 0 saturated carbocycles. The Morgan fingerprint density at radius 1 is 1.33 bits per heavy atom. The van der Waals surface area contributed by atoms with E-state index in [4.69, 9.17) is 9.84 Å². The number of hydrogen-bond donors (Lipinski definition) is 1. The molecule has 74 valence electrons. The summed E-state index contributed by atoms with van der Waals surface area (Å²) >= 11 is 0. The summed E-state index contributed by atoms with van der Waals surface area (Å²) in [5.41, 5.74) is 0. The largest absolute Gasteiger partial charge is 0.395 e. The van der Waals surface area contributed by atoms with Gasteiger partial charge in [0.25, 0.3) is 0 Å². The Balaban J connectivity index is 3.49. The van der Waals surface area contributed by atoms with Crippen LogP contribution in [0.4, 0.5) is 0 Å². The molecule has 0 aromatic heterocycles. The Morgan fingerprint density at radius 3 is 2.42 bits per heavy atom. The van der Waals surface area contributed by atoms with E-state index in [9.17, 15) is 0 Å². The minimum absolute atomic E-state index is 0.241. The van der Waals surface area contributed by atoms with Crippen LogP contribution in [0.1, 0.15) is 20.3 Å². The Kier molecular flexibility index (Phi) is 7.45. The highest BCUT2D eigenvalue weighted by atomic mass is 16.5. The number of hydrogen-bond acceptors (Lipinski definition) is 3. The molecule has 0 spiro atoms. The van der Waals surface area contributed by atoms with Crippen molar-refractivity contribution in [2.24, 2.45) is 0 Å². The van der Waals surface area contributed by atoms with Gasteiger partial charge in [-0.15, -0.1) is 0 Å². The molecule has 0 aliphatic carbocycles. The fraction of sp³-hybridized carbons (Fsp3) is 1.00. The number of methoxy groups -OCH3 is 1. The second-order valence-corrected chi connectivity index (χ2v) is 3.20. The summed E-state index contributed by atoms with van der Waals surface area (Å²) in [7, 11) is 1.71. The van der Waals surface area contributed by atoms with Crippen LogP contribution in [0.15, 0.2) is 0 Å². The zero-order chi connectivity index (χ0) is 9.40. The van der Waals surface area contributed by atoms with E-state index >= 15 is 0 Å². The third-order valence-corrected chi connectivity index (χ3v) is 1.91. The molecule has 0 radical (unpaired) electrons. The van der Waals surface area contributed by atoms with Crippen LogP contribution in [-0.2, 0) is 4.74 Å². The molecule has 0 aromatic rings. The summed E-state index contributed by atoms with van der Waals surface area (Å²) in [6, 6.07) is 0.508. The van der Waals surface area contributed by atoms with Crippen molar-refractivity contribution in [3.63, 3.8) is 0 Å². The minimum atomic E-state index is 0.241. The van der Waals surface area contributed by atoms with Crippen LogP contribution in [0, 0.1) is 0 Å². The van der Waals surface area contributed by atoms with Crippen LogP contribution < -0.4 is 0 Å². The van der Waals surface area contributed by atoms with Crippen LogP contribution in [-0.4, -0.2) is 49.5 Å². The first-order valence-corrected chi connectivity index (χ1v) is 4.56. The fourth-order valence-electron chi connectivity index (χ4n) is 1.17. The van der Waals surface area contributed by atoms with Gasteiger partial charge in [0.2, 0.25) is 0 Å². The average Bonchev–Trinajstić information content (AvgIpc) is 2.03. The Bertz CT molecular complexity index is 96.5. The van der Waals surface area contributed by atoms with Crippen molar-refractivity contribution < 1.29 is 9.84 Å². The van der Waals surface area contributed by atoms with E-state index in [0.29, 0.717) is 6.04 Å². The van der Waals surface area contributed by atoms with Crippen LogP contribution >= 0.6 is 0 Å². The summed E-state index contributed by atoms with van der Waals surface area (Å²) in [6.45, 7) is 7.10. The predicted octanol–water partition coefficient (Wildman–Crippen LogP) is 0.726. The predicted molar refractivity (Wildman–Crippen MR) is 50.3 cm³/mol. The number of aliphatic hydroxyl groups excluding tert-OH is 1. The summed E-state index contributed by atoms with van der Waals surface area (Å²) in [6.07, 6.45) is 1.04. The van der Waals surface area contributed by atoms with Gasteiger partial charge < -0.3 is 9.84 Å². The lowest BCUT2D eigenvalue weighted by molar-refractivity contribution is 0.137. The second-order valence-electron chi connectivity index (χ2n) is 3.20. The van der Waals surface area contributed by atoms with E-state index in [1.807, 2.05) is 0 Å². The van der Waals surface area contributed by atoms with Crippen LogP contribution in [0.5, 0.6) is 0 Å². The van der Waals surface area contributed by atoms with Gasteiger partial charge in [0.15, 0.2) is 0 Å². The first-order valence-electron chi connectivity index (χ1n) is 4.56. The molecule has 0 atom stereocenters. The van der Waals surface area contributed by atoms with Gasteiger partial charge in [0, 0.05) is 32.8 Å². The maximum Gasteiger partial charge on any atom is 0.0558 e. The van der Waals surface area contributed by atoms with Crippen LogP contribution in [0.25, 0.3) is 0 Å². The molecule has 0 heterocycles. The molecule has 0 amide bonds. The lowest BCUT2D eigenvalue weighted by Gasteiger charge is -2.25. The summed E-state index contributed by atoms with van der Waals surface area (Å²) in [4.78, 5) is 2.25. The molecule has 0 rings (SSSR count). The van der Waals surface area contributed by atoms with E-state index in [0.717, 1.165) is 26.1 Å². The molecule has 1 N–H and O–H groups in total. The van der Waals surface area contributed by atoms with E-state index in [2.05, 4.69) is 18.7 Å². The van der Waals surface area contributed by atoms with Gasteiger partial charge in [0.1, 0.15) is 0 Å². The SMILES string of the molecule is COCCCN(CCO)C(C)C. The van der Waals surface area contributed by atoms with Gasteiger partial charge in [-0.3, -0.25) is 4.90 Å². The third-order valence-electron chi connectivity index (χ3n) is 1.91. The zero-order valence-corrected chi connectivity index (χ0v) is 8.42. The molecular formula is C9H21NO2. The third kappa shape index (κ3) is 5.52. The summed E-state index contributed by atoms with van der Waals surface area (Å²) in [5.74, 6) is 0. The number of ether oxygens (including phenoxy) is 1. The highest BCUT2D eigenvalue weighted by Gasteiger charge is 2.06. The quantitative estimate of drug-likeness (QED) is 0.579. The number of aliphatic hydroxyl groups is 1. The molecule has 0 fully saturated rings. The van der Waals surface area contributed by atoms with Crippen LogP contribution in [0.3, 0.4) is 0 Å². The zero-order valence-electron chi connectivity index (χ0n) is 8.42. The van der Waals surface area contributed by atoms with E-state index in [1.54, 1.807) is 7.11 Å². The average molecular weight is 175 g/mol. The highest BCUT2D eigenvalue weighted by molar-refractivity contribution is 4.61. The Labute approximate surface area is 75.3 Å². The first-order chi connectivity index (χ1) is 5.72. The Morgan fingerprint density at radius 2 is 2.00 bits per heavy atom. The molecule has 0 saturated heterocycles. The lowest BCUT2D eigenvalue weighted by Crippen LogP contribution is -2.34. The fourth-order valence-corrected chi connectivity index (χ4v) is 1.17. The lowest BCUT2D eigenvalue weighted by atomic mass is 10.3. The summed E-state index contributed by atoms with van der Waals surface area (Å²) < 4.78 is 4.96. The van der Waals surface area contributed by atoms with Crippen molar-refractivity contribution in [2.75, 3.05) is 33.4 Å². The van der Waals surface area contributed by atoms with E-state index in [1.165, 1.54) is 0 Å². The topological polar surface area (TPSA) is 32.7 Å². The monoisotopic (exact) mass is 175 g/mol. The second kappa shape index (κ2) is 7.53. The maximum atomic E-state index is 8.77. The van der Waals surface area contributed by atoms with Crippen LogP contribution in [0.2, 0.25) is 0 Å². The molecule has 3 nitrogen and oxygen atoms in total. The van der Waals surface area contributed by atoms with Crippen molar-refractivity contribution in [2.45, 2.75) is 26.3 Å². The van der Waals surface area contributed by atoms with E-state index in [-0.39, 0.29) is 6.61 Å². The molecular weight excluding hydrogens is 154 g/mol. The molecule has 0 aliphatic heterocycles. The molecule has 0 aromatic carbocycles. The highest BCUT2D eigenvalue weighted by Crippen LogP contribution is 1.98. The Hall–Kier alpha value is -0.120. The maximum absolute atomic E-state index is 8.77. The minimum Gasteiger partial charge on any atom is -0.395 e. The van der Waals surface area contributed by atoms with Gasteiger partial charge in [-0.05, 0) is 20.3 Å². The first kappa shape index (κ1) is 11.9. The molecule has 12 heavy (non-hydrogen) atoms. The number of rotatable bonds is 7. The van der Waals surface area contributed by atoms with Crippen molar-refractivity contribution in [1.29, 1.82) is 0 Å². The summed E-state index contributed by atoms with van der Waals surface area (Å²) in [5, 5.41) is 8.77. The van der Waals surface area contributed by atoms with Gasteiger partial charge in [-0.25, -0.2) is 0 Å². The molecule has 3 heteroatoms. The van der Waals surface area contributed by atoms with Gasteiger partial charge in [-0.2, -0.15) is 0 Å². The normalized spacial score (nSPS) is 11.5. The van der Waals surface area contributed by atoms with Crippen molar-refractivity contribution in [3.8, 4) is 0 Å². The van der Waals surface area contributed by atoms with Gasteiger partial charge in [0.05, 0.1) is 6.61 Å². The standard InChI is InChI=1S/C9H21NO2/c1-9(2)10(6-7-11)5-4-8-12-3/h9,11H,4-8H2,1-3H3. The number of nitrogens with zero attached hydrogens (tertiary/aromatic N) is 1. The smallest absolute Gasteiger partial charge is 0.0558 e. The van der Waals surface area contributed by atoms with Crippen molar-refractivity contribution >= 4 is 0 Å².